The molecule has 57 heavy (non-hydrogen) atoms. The minimum Gasteiger partial charge on any atom is -0.494 e. The highest BCUT2D eigenvalue weighted by molar-refractivity contribution is 5.96. The summed E-state index contributed by atoms with van der Waals surface area (Å²) in [6.45, 7) is 12.7. The molecule has 312 valence electrons. The summed E-state index contributed by atoms with van der Waals surface area (Å²) >= 11 is 0. The largest absolute Gasteiger partial charge is 0.494 e. The minimum absolute atomic E-state index is 0.0488. The fourth-order valence-corrected chi connectivity index (χ4v) is 7.29. The number of rotatable bonds is 21. The van der Waals surface area contributed by atoms with Gasteiger partial charge in [-0.1, -0.05) is 6.58 Å². The molecule has 2 aromatic carbocycles. The maximum Gasteiger partial charge on any atom is 0.330 e. The number of hydrogen-bond donors (Lipinski definition) is 1. The molecule has 12 nitrogen and oxygen atoms in total. The van der Waals surface area contributed by atoms with Gasteiger partial charge in [0.25, 0.3) is 0 Å². The Balaban J connectivity index is 1.11. The van der Waals surface area contributed by atoms with Crippen molar-refractivity contribution in [2.45, 2.75) is 117 Å². The van der Waals surface area contributed by atoms with Crippen LogP contribution < -0.4 is 24.3 Å². The van der Waals surface area contributed by atoms with E-state index in [9.17, 15) is 24.0 Å². The highest BCUT2D eigenvalue weighted by atomic mass is 16.5. The van der Waals surface area contributed by atoms with Crippen LogP contribution in [0.15, 0.2) is 55.1 Å². The van der Waals surface area contributed by atoms with E-state index in [1.807, 2.05) is 33.8 Å². The fraction of sp³-hybridized carbons (Fsp3) is 0.578. The molecule has 0 unspecified atom stereocenters. The van der Waals surface area contributed by atoms with Gasteiger partial charge in [0.05, 0.1) is 37.9 Å². The van der Waals surface area contributed by atoms with Gasteiger partial charge in [0, 0.05) is 24.1 Å². The Morgan fingerprint density at radius 1 is 0.737 bits per heavy atom. The molecule has 2 aliphatic rings. The second-order valence-corrected chi connectivity index (χ2v) is 15.8. The number of nitrogens with zero attached hydrogens (tertiary/aromatic N) is 1. The van der Waals surface area contributed by atoms with Crippen LogP contribution in [0.5, 0.6) is 23.0 Å². The molecular weight excluding hydrogens is 728 g/mol. The number of amides is 3. The molecule has 3 amide bonds. The van der Waals surface area contributed by atoms with Crippen LogP contribution in [0.3, 0.4) is 0 Å². The van der Waals surface area contributed by atoms with Crippen molar-refractivity contribution in [1.82, 2.24) is 10.2 Å². The van der Waals surface area contributed by atoms with Gasteiger partial charge in [0.2, 0.25) is 5.91 Å². The van der Waals surface area contributed by atoms with Crippen LogP contribution in [0.2, 0.25) is 0 Å². The first-order valence-corrected chi connectivity index (χ1v) is 20.7. The first kappa shape index (κ1) is 44.8. The number of carbonyl (C=O) groups is 5. The molecule has 0 atom stereocenters. The third kappa shape index (κ3) is 14.9. The van der Waals surface area contributed by atoms with Gasteiger partial charge in [-0.05, 0) is 159 Å². The lowest BCUT2D eigenvalue weighted by atomic mass is 9.81. The predicted molar refractivity (Wildman–Crippen MR) is 217 cm³/mol. The maximum atomic E-state index is 13.2. The van der Waals surface area contributed by atoms with E-state index in [0.717, 1.165) is 63.7 Å². The number of unbranched alkanes of at least 4 members (excludes halogenated alkanes) is 3. The molecule has 2 fully saturated rings. The summed E-state index contributed by atoms with van der Waals surface area (Å²) in [5.74, 6) is 1.73. The van der Waals surface area contributed by atoms with Crippen LogP contribution in [-0.4, -0.2) is 73.6 Å². The van der Waals surface area contributed by atoms with E-state index in [1.54, 1.807) is 36.4 Å². The molecule has 0 saturated heterocycles. The number of nitrogens with one attached hydrogen (secondary N) is 1. The molecule has 12 heteroatoms. The smallest absolute Gasteiger partial charge is 0.330 e. The Morgan fingerprint density at radius 3 is 1.91 bits per heavy atom. The second kappa shape index (κ2) is 23.4. The summed E-state index contributed by atoms with van der Waals surface area (Å²) in [7, 11) is 0. The zero-order chi connectivity index (χ0) is 41.2. The van der Waals surface area contributed by atoms with Crippen molar-refractivity contribution in [2.24, 2.45) is 23.7 Å². The highest BCUT2D eigenvalue weighted by Gasteiger charge is 2.34. The van der Waals surface area contributed by atoms with Crippen molar-refractivity contribution in [3.63, 3.8) is 0 Å². The summed E-state index contributed by atoms with van der Waals surface area (Å²) in [5.41, 5.74) is 0.421. The van der Waals surface area contributed by atoms with E-state index in [4.69, 9.17) is 23.7 Å². The van der Waals surface area contributed by atoms with Crippen LogP contribution in [0.25, 0.3) is 0 Å². The average molecular weight is 791 g/mol. The number of benzene rings is 2. The Bertz CT molecular complexity index is 1610. The summed E-state index contributed by atoms with van der Waals surface area (Å²) in [6.07, 6.45) is 11.6. The molecule has 0 spiro atoms. The van der Waals surface area contributed by atoms with Gasteiger partial charge in [0.15, 0.2) is 6.29 Å². The standard InChI is InChI=1S/C45H62N2O10/c1-6-42(49)54-26-10-8-7-9-25-53-38-19-21-39(22-20-38)57-44(51)36-17-13-34(14-18-36)30-56-41-24-23-40(27-37(41)28-48)55-29-33-11-15-35(16-12-33)43(50)47(32(4)5)45(52)46-31(2)3/h6,19-24,27-28,31-36H,1,7-18,25-26,29-30H2,2-5H3,(H,46,52). The lowest BCUT2D eigenvalue weighted by molar-refractivity contribution is -0.140. The summed E-state index contributed by atoms with van der Waals surface area (Å²) in [4.78, 5) is 63.2. The van der Waals surface area contributed by atoms with Gasteiger partial charge in [-0.3, -0.25) is 19.3 Å². The molecule has 2 aromatic rings. The maximum absolute atomic E-state index is 13.2. The quantitative estimate of drug-likeness (QED) is 0.0429. The lowest BCUT2D eigenvalue weighted by Crippen LogP contribution is -2.51. The van der Waals surface area contributed by atoms with Gasteiger partial charge in [-0.25, -0.2) is 9.59 Å². The van der Waals surface area contributed by atoms with Crippen molar-refractivity contribution in [3.8, 4) is 23.0 Å². The van der Waals surface area contributed by atoms with E-state index >= 15 is 0 Å². The third-order valence-electron chi connectivity index (χ3n) is 10.6. The van der Waals surface area contributed by atoms with E-state index < -0.39 is 5.97 Å². The monoisotopic (exact) mass is 790 g/mol. The summed E-state index contributed by atoms with van der Waals surface area (Å²) < 4.78 is 28.6. The number of aldehydes is 1. The predicted octanol–water partition coefficient (Wildman–Crippen LogP) is 8.50. The zero-order valence-electron chi connectivity index (χ0n) is 34.2. The highest BCUT2D eigenvalue weighted by Crippen LogP contribution is 2.34. The second-order valence-electron chi connectivity index (χ2n) is 15.8. The van der Waals surface area contributed by atoms with Crippen LogP contribution in [0.4, 0.5) is 4.79 Å². The summed E-state index contributed by atoms with van der Waals surface area (Å²) in [5, 5.41) is 2.84. The van der Waals surface area contributed by atoms with Crippen LogP contribution >= 0.6 is 0 Å². The molecule has 2 aliphatic carbocycles. The lowest BCUT2D eigenvalue weighted by Gasteiger charge is -2.33. The van der Waals surface area contributed by atoms with E-state index in [0.29, 0.717) is 80.7 Å². The molecule has 0 heterocycles. The van der Waals surface area contributed by atoms with Crippen molar-refractivity contribution in [1.29, 1.82) is 0 Å². The SMILES string of the molecule is C=CC(=O)OCCCCCCOc1ccc(OC(=O)C2CCC(COc3ccc(OCC4CCC(C(=O)N(C(=O)NC(C)C)C(C)C)CC4)cc3C=O)CC2)cc1. The van der Waals surface area contributed by atoms with E-state index in [1.165, 1.54) is 4.90 Å². The van der Waals surface area contributed by atoms with Gasteiger partial charge in [0.1, 0.15) is 23.0 Å². The van der Waals surface area contributed by atoms with Gasteiger partial charge < -0.3 is 29.0 Å². The number of ether oxygens (including phenoxy) is 5. The van der Waals surface area contributed by atoms with E-state index in [-0.39, 0.29) is 53.7 Å². The summed E-state index contributed by atoms with van der Waals surface area (Å²) in [6, 6.07) is 11.8. The van der Waals surface area contributed by atoms with Gasteiger partial charge in [-0.15, -0.1) is 0 Å². The Kier molecular flexibility index (Phi) is 18.4. The normalized spacial score (nSPS) is 19.3. The van der Waals surface area contributed by atoms with Crippen LogP contribution in [-0.2, 0) is 19.1 Å². The molecule has 1 N–H and O–H groups in total. The Hall–Kier alpha value is -4.87. The number of imide groups is 1. The fourth-order valence-electron chi connectivity index (χ4n) is 7.29. The van der Waals surface area contributed by atoms with Gasteiger partial charge >= 0.3 is 18.0 Å². The Morgan fingerprint density at radius 2 is 1.32 bits per heavy atom. The first-order valence-electron chi connectivity index (χ1n) is 20.7. The number of carbonyl (C=O) groups excluding carboxylic acids is 5. The van der Waals surface area contributed by atoms with Crippen molar-refractivity contribution in [3.05, 3.63) is 60.7 Å². The zero-order valence-corrected chi connectivity index (χ0v) is 34.2. The average Bonchev–Trinajstić information content (AvgIpc) is 3.20. The molecular formula is C45H62N2O10. The number of urea groups is 1. The van der Waals surface area contributed by atoms with Crippen molar-refractivity contribution in [2.75, 3.05) is 26.4 Å². The van der Waals surface area contributed by atoms with Crippen molar-refractivity contribution < 1.29 is 47.7 Å². The van der Waals surface area contributed by atoms with Gasteiger partial charge in [-0.2, -0.15) is 0 Å². The number of esters is 2. The van der Waals surface area contributed by atoms with Crippen LogP contribution in [0.1, 0.15) is 115 Å². The molecule has 0 aromatic heterocycles. The first-order chi connectivity index (χ1) is 27.5. The van der Waals surface area contributed by atoms with Crippen molar-refractivity contribution >= 4 is 30.2 Å². The topological polar surface area (TPSA) is 147 Å². The molecule has 0 aliphatic heterocycles. The number of hydrogen-bond acceptors (Lipinski definition) is 10. The third-order valence-corrected chi connectivity index (χ3v) is 10.6. The van der Waals surface area contributed by atoms with Crippen LogP contribution in [0, 0.1) is 23.7 Å². The molecule has 0 bridgehead atoms. The molecule has 2 saturated carbocycles. The molecule has 4 rings (SSSR count). The minimum atomic E-state index is -0.395. The van der Waals surface area contributed by atoms with E-state index in [2.05, 4.69) is 11.9 Å². The Labute approximate surface area is 338 Å². The molecule has 0 radical (unpaired) electrons.